The summed E-state index contributed by atoms with van der Waals surface area (Å²) in [5.74, 6) is -0.699. The molecule has 0 bridgehead atoms. The van der Waals surface area contributed by atoms with Crippen LogP contribution in [0.1, 0.15) is 16.1 Å². The van der Waals surface area contributed by atoms with Gasteiger partial charge < -0.3 is 10.6 Å². The minimum Gasteiger partial charge on any atom is -0.350 e. The Bertz CT molecular complexity index is 935. The van der Waals surface area contributed by atoms with E-state index in [9.17, 15) is 9.18 Å². The topological polar surface area (TPSA) is 66.9 Å². The summed E-state index contributed by atoms with van der Waals surface area (Å²) in [6.45, 7) is 0.482. The molecular weight excluding hydrogens is 378 g/mol. The van der Waals surface area contributed by atoms with Crippen LogP contribution >= 0.6 is 23.2 Å². The summed E-state index contributed by atoms with van der Waals surface area (Å²) >= 11 is 11.6. The standard InChI is InChI=1S/C18H13Cl2FN4O/c19-12-3-1-11(2-4-12)10-23-18-22-8-7-16(25-18)17(26)24-13-5-6-15(21)14(20)9-13/h1-9H,10H2,(H,24,26)(H,22,23,25). The number of nitrogens with zero attached hydrogens (tertiary/aromatic N) is 2. The van der Waals surface area contributed by atoms with Gasteiger partial charge in [0, 0.05) is 23.5 Å². The van der Waals surface area contributed by atoms with Crippen molar-refractivity contribution >= 4 is 40.7 Å². The van der Waals surface area contributed by atoms with Crippen LogP contribution in [0.4, 0.5) is 16.0 Å². The van der Waals surface area contributed by atoms with Gasteiger partial charge >= 0.3 is 0 Å². The highest BCUT2D eigenvalue weighted by atomic mass is 35.5. The van der Waals surface area contributed by atoms with Crippen molar-refractivity contribution in [1.82, 2.24) is 9.97 Å². The molecular formula is C18H13Cl2FN4O. The summed E-state index contributed by atoms with van der Waals surface area (Å²) in [5, 5.41) is 6.23. The van der Waals surface area contributed by atoms with Crippen LogP contribution in [-0.4, -0.2) is 15.9 Å². The molecule has 3 aromatic rings. The molecule has 2 N–H and O–H groups in total. The van der Waals surface area contributed by atoms with Crippen molar-refractivity contribution in [2.75, 3.05) is 10.6 Å². The zero-order chi connectivity index (χ0) is 18.5. The van der Waals surface area contributed by atoms with Crippen LogP contribution in [0, 0.1) is 5.82 Å². The van der Waals surface area contributed by atoms with E-state index in [4.69, 9.17) is 23.2 Å². The fourth-order valence-corrected chi connectivity index (χ4v) is 2.43. The van der Waals surface area contributed by atoms with Gasteiger partial charge in [-0.1, -0.05) is 35.3 Å². The first-order valence-corrected chi connectivity index (χ1v) is 8.34. The van der Waals surface area contributed by atoms with Crippen LogP contribution in [0.5, 0.6) is 0 Å². The Labute approximate surface area is 159 Å². The predicted molar refractivity (Wildman–Crippen MR) is 100 cm³/mol. The molecule has 0 fully saturated rings. The van der Waals surface area contributed by atoms with E-state index in [1.807, 2.05) is 12.1 Å². The summed E-state index contributed by atoms with van der Waals surface area (Å²) < 4.78 is 13.2. The monoisotopic (exact) mass is 390 g/mol. The Morgan fingerprint density at radius 3 is 2.58 bits per heavy atom. The van der Waals surface area contributed by atoms with Crippen molar-refractivity contribution in [2.45, 2.75) is 6.54 Å². The van der Waals surface area contributed by atoms with E-state index in [1.165, 1.54) is 30.5 Å². The molecule has 0 unspecified atom stereocenters. The molecule has 0 atom stereocenters. The van der Waals surface area contributed by atoms with Gasteiger partial charge in [0.25, 0.3) is 5.91 Å². The normalized spacial score (nSPS) is 10.4. The second-order valence-electron chi connectivity index (χ2n) is 5.33. The van der Waals surface area contributed by atoms with E-state index >= 15 is 0 Å². The molecule has 1 heterocycles. The Morgan fingerprint density at radius 2 is 1.85 bits per heavy atom. The summed E-state index contributed by atoms with van der Waals surface area (Å²) in [5.41, 5.74) is 1.53. The molecule has 2 aromatic carbocycles. The molecule has 1 aromatic heterocycles. The van der Waals surface area contributed by atoms with E-state index < -0.39 is 11.7 Å². The lowest BCUT2D eigenvalue weighted by atomic mass is 10.2. The van der Waals surface area contributed by atoms with Crippen LogP contribution in [0.25, 0.3) is 0 Å². The third-order valence-electron chi connectivity index (χ3n) is 3.43. The van der Waals surface area contributed by atoms with Crippen LogP contribution in [0.3, 0.4) is 0 Å². The third kappa shape index (κ3) is 4.68. The Kier molecular flexibility index (Phi) is 5.65. The zero-order valence-electron chi connectivity index (χ0n) is 13.3. The molecule has 0 aliphatic heterocycles. The summed E-state index contributed by atoms with van der Waals surface area (Å²) in [7, 11) is 0. The van der Waals surface area contributed by atoms with Gasteiger partial charge in [-0.15, -0.1) is 0 Å². The molecule has 8 heteroatoms. The van der Waals surface area contributed by atoms with Crippen molar-refractivity contribution in [3.05, 3.63) is 81.8 Å². The number of rotatable bonds is 5. The zero-order valence-corrected chi connectivity index (χ0v) is 14.9. The molecule has 3 rings (SSSR count). The number of hydrogen-bond acceptors (Lipinski definition) is 4. The SMILES string of the molecule is O=C(Nc1ccc(F)c(Cl)c1)c1ccnc(NCc2ccc(Cl)cc2)n1. The minimum absolute atomic E-state index is 0.0733. The number of carbonyl (C=O) groups is 1. The number of aromatic nitrogens is 2. The molecule has 0 radical (unpaired) electrons. The Morgan fingerprint density at radius 1 is 1.08 bits per heavy atom. The second kappa shape index (κ2) is 8.12. The third-order valence-corrected chi connectivity index (χ3v) is 3.97. The lowest BCUT2D eigenvalue weighted by Gasteiger charge is -2.08. The van der Waals surface area contributed by atoms with E-state index in [0.717, 1.165) is 5.56 Å². The average molecular weight is 391 g/mol. The fourth-order valence-electron chi connectivity index (χ4n) is 2.12. The van der Waals surface area contributed by atoms with Gasteiger partial charge in [0.2, 0.25) is 5.95 Å². The molecule has 0 saturated heterocycles. The van der Waals surface area contributed by atoms with Crippen molar-refractivity contribution in [1.29, 1.82) is 0 Å². The highest BCUT2D eigenvalue weighted by Crippen LogP contribution is 2.20. The highest BCUT2D eigenvalue weighted by Gasteiger charge is 2.10. The van der Waals surface area contributed by atoms with E-state index in [2.05, 4.69) is 20.6 Å². The van der Waals surface area contributed by atoms with Gasteiger partial charge in [-0.25, -0.2) is 14.4 Å². The molecule has 5 nitrogen and oxygen atoms in total. The van der Waals surface area contributed by atoms with Crippen molar-refractivity contribution in [3.63, 3.8) is 0 Å². The summed E-state index contributed by atoms with van der Waals surface area (Å²) in [6.07, 6.45) is 1.48. The number of hydrogen-bond donors (Lipinski definition) is 2. The number of amides is 1. The number of benzene rings is 2. The maximum absolute atomic E-state index is 13.2. The molecule has 0 spiro atoms. The van der Waals surface area contributed by atoms with Gasteiger partial charge in [-0.05, 0) is 42.0 Å². The van der Waals surface area contributed by atoms with E-state index in [0.29, 0.717) is 23.2 Å². The van der Waals surface area contributed by atoms with Gasteiger partial charge in [0.1, 0.15) is 11.5 Å². The molecule has 0 aliphatic rings. The van der Waals surface area contributed by atoms with Crippen molar-refractivity contribution < 1.29 is 9.18 Å². The molecule has 0 saturated carbocycles. The number of nitrogens with one attached hydrogen (secondary N) is 2. The minimum atomic E-state index is -0.555. The van der Waals surface area contributed by atoms with Gasteiger partial charge in [0.15, 0.2) is 0 Å². The highest BCUT2D eigenvalue weighted by molar-refractivity contribution is 6.31. The average Bonchev–Trinajstić information content (AvgIpc) is 2.64. The largest absolute Gasteiger partial charge is 0.350 e. The molecule has 26 heavy (non-hydrogen) atoms. The van der Waals surface area contributed by atoms with Crippen molar-refractivity contribution in [2.24, 2.45) is 0 Å². The quantitative estimate of drug-likeness (QED) is 0.657. The smallest absolute Gasteiger partial charge is 0.274 e. The molecule has 132 valence electrons. The first kappa shape index (κ1) is 18.1. The molecule has 0 aliphatic carbocycles. The molecule has 1 amide bonds. The van der Waals surface area contributed by atoms with Crippen LogP contribution < -0.4 is 10.6 Å². The summed E-state index contributed by atoms with van der Waals surface area (Å²) in [6, 6.07) is 12.7. The Balaban J connectivity index is 1.66. The van der Waals surface area contributed by atoms with Crippen LogP contribution in [0.15, 0.2) is 54.7 Å². The number of anilines is 2. The van der Waals surface area contributed by atoms with E-state index in [1.54, 1.807) is 12.1 Å². The van der Waals surface area contributed by atoms with Crippen LogP contribution in [0.2, 0.25) is 10.0 Å². The number of halogens is 3. The van der Waals surface area contributed by atoms with E-state index in [-0.39, 0.29) is 10.7 Å². The van der Waals surface area contributed by atoms with Gasteiger partial charge in [0.05, 0.1) is 5.02 Å². The van der Waals surface area contributed by atoms with Crippen molar-refractivity contribution in [3.8, 4) is 0 Å². The van der Waals surface area contributed by atoms with Gasteiger partial charge in [-0.3, -0.25) is 4.79 Å². The first-order valence-electron chi connectivity index (χ1n) is 7.59. The maximum atomic E-state index is 13.2. The Hall–Kier alpha value is -2.70. The van der Waals surface area contributed by atoms with Crippen LogP contribution in [-0.2, 0) is 6.54 Å². The lowest BCUT2D eigenvalue weighted by molar-refractivity contribution is 0.102. The second-order valence-corrected chi connectivity index (χ2v) is 6.17. The predicted octanol–water partition coefficient (Wildman–Crippen LogP) is 4.79. The maximum Gasteiger partial charge on any atom is 0.274 e. The first-order chi connectivity index (χ1) is 12.5. The fraction of sp³-hybridized carbons (Fsp3) is 0.0556. The van der Waals surface area contributed by atoms with Gasteiger partial charge in [-0.2, -0.15) is 0 Å². The number of carbonyl (C=O) groups excluding carboxylic acids is 1. The lowest BCUT2D eigenvalue weighted by Crippen LogP contribution is -2.15. The summed E-state index contributed by atoms with van der Waals surface area (Å²) in [4.78, 5) is 20.6.